The zero-order chi connectivity index (χ0) is 19.6. The molecular weight excluding hydrogens is 362 g/mol. The van der Waals surface area contributed by atoms with Gasteiger partial charge in [-0.1, -0.05) is 6.92 Å². The van der Waals surface area contributed by atoms with Crippen molar-refractivity contribution < 1.29 is 8.42 Å². The first-order valence-electron chi connectivity index (χ1n) is 9.28. The third kappa shape index (κ3) is 4.27. The normalized spacial score (nSPS) is 16.1. The Labute approximate surface area is 161 Å². The molecule has 0 radical (unpaired) electrons. The minimum Gasteiger partial charge on any atom is -0.356 e. The molecule has 8 heteroatoms. The van der Waals surface area contributed by atoms with Crippen molar-refractivity contribution in [1.29, 1.82) is 0 Å². The van der Waals surface area contributed by atoms with Crippen molar-refractivity contribution in [2.24, 2.45) is 0 Å². The third-order valence-electron chi connectivity index (χ3n) is 5.19. The number of aromatic nitrogens is 3. The average molecular weight is 390 g/mol. The van der Waals surface area contributed by atoms with E-state index >= 15 is 0 Å². The van der Waals surface area contributed by atoms with Crippen molar-refractivity contribution in [3.05, 3.63) is 35.8 Å². The van der Waals surface area contributed by atoms with Gasteiger partial charge in [-0.2, -0.15) is 4.31 Å². The van der Waals surface area contributed by atoms with Crippen LogP contribution in [0.3, 0.4) is 0 Å². The first-order valence-corrected chi connectivity index (χ1v) is 11.1. The fourth-order valence-electron chi connectivity index (χ4n) is 3.67. The van der Waals surface area contributed by atoms with E-state index in [9.17, 15) is 8.42 Å². The Morgan fingerprint density at radius 1 is 1.22 bits per heavy atom. The molecule has 0 spiro atoms. The predicted octanol–water partition coefficient (Wildman–Crippen LogP) is 2.41. The molecule has 0 unspecified atom stereocenters. The Morgan fingerprint density at radius 3 is 2.48 bits per heavy atom. The van der Waals surface area contributed by atoms with Crippen LogP contribution in [0, 0.1) is 13.8 Å². The lowest BCUT2D eigenvalue weighted by molar-refractivity contribution is 0.285. The van der Waals surface area contributed by atoms with E-state index < -0.39 is 10.0 Å². The summed E-state index contributed by atoms with van der Waals surface area (Å²) in [7, 11) is -3.17. The van der Waals surface area contributed by atoms with Crippen LogP contribution in [-0.4, -0.2) is 59.6 Å². The molecule has 0 amide bonds. The lowest BCUT2D eigenvalue weighted by Crippen LogP contribution is -2.47. The molecule has 0 saturated carbocycles. The van der Waals surface area contributed by atoms with Crippen molar-refractivity contribution in [1.82, 2.24) is 19.3 Å². The summed E-state index contributed by atoms with van der Waals surface area (Å²) in [6.45, 7) is 8.00. The van der Waals surface area contributed by atoms with Gasteiger partial charge in [-0.25, -0.2) is 18.4 Å². The van der Waals surface area contributed by atoms with Crippen LogP contribution < -0.4 is 4.90 Å². The van der Waals surface area contributed by atoms with Gasteiger partial charge < -0.3 is 4.90 Å². The van der Waals surface area contributed by atoms with Crippen LogP contribution in [-0.2, 0) is 10.0 Å². The summed E-state index contributed by atoms with van der Waals surface area (Å²) in [5.74, 6) is 1.61. The fourth-order valence-corrected chi connectivity index (χ4v) is 4.90. The first kappa shape index (κ1) is 19.7. The number of aryl methyl sites for hydroxylation is 1. The number of sulfonamides is 1. The number of anilines is 1. The summed E-state index contributed by atoms with van der Waals surface area (Å²) < 4.78 is 25.6. The Morgan fingerprint density at radius 2 is 1.93 bits per heavy atom. The SMILES string of the molecule is CCN(C1CCN(c2nc(-c3cccnc3)nc(C)c2C)CC1)S(C)(=O)=O. The maximum atomic E-state index is 12.0. The minimum absolute atomic E-state index is 0.0577. The molecule has 2 aromatic rings. The maximum absolute atomic E-state index is 12.0. The monoisotopic (exact) mass is 389 g/mol. The second-order valence-corrected chi connectivity index (χ2v) is 8.94. The van der Waals surface area contributed by atoms with Gasteiger partial charge >= 0.3 is 0 Å². The van der Waals surface area contributed by atoms with E-state index in [4.69, 9.17) is 4.98 Å². The molecule has 0 N–H and O–H groups in total. The quantitative estimate of drug-likeness (QED) is 0.781. The number of hydrogen-bond donors (Lipinski definition) is 0. The van der Waals surface area contributed by atoms with Crippen molar-refractivity contribution >= 4 is 15.8 Å². The Kier molecular flexibility index (Phi) is 5.76. The summed E-state index contributed by atoms with van der Waals surface area (Å²) in [5.41, 5.74) is 2.91. The van der Waals surface area contributed by atoms with Crippen molar-refractivity contribution in [3.63, 3.8) is 0 Å². The van der Waals surface area contributed by atoms with E-state index in [1.807, 2.05) is 32.9 Å². The zero-order valence-electron chi connectivity index (χ0n) is 16.4. The minimum atomic E-state index is -3.17. The molecule has 0 atom stereocenters. The molecule has 1 aliphatic heterocycles. The van der Waals surface area contributed by atoms with E-state index in [-0.39, 0.29) is 6.04 Å². The summed E-state index contributed by atoms with van der Waals surface area (Å²) in [6, 6.07) is 3.89. The van der Waals surface area contributed by atoms with Crippen LogP contribution in [0.1, 0.15) is 31.0 Å². The molecule has 0 aliphatic carbocycles. The van der Waals surface area contributed by atoms with Gasteiger partial charge in [0.2, 0.25) is 10.0 Å². The van der Waals surface area contributed by atoms with Gasteiger partial charge in [-0.05, 0) is 38.8 Å². The molecule has 1 fully saturated rings. The molecule has 27 heavy (non-hydrogen) atoms. The number of pyridine rings is 1. The van der Waals surface area contributed by atoms with Gasteiger partial charge in [-0.3, -0.25) is 4.98 Å². The fraction of sp³-hybridized carbons (Fsp3) is 0.526. The van der Waals surface area contributed by atoms with E-state index in [0.717, 1.165) is 48.6 Å². The zero-order valence-corrected chi connectivity index (χ0v) is 17.2. The molecule has 0 bridgehead atoms. The molecule has 0 aromatic carbocycles. The summed E-state index contributed by atoms with van der Waals surface area (Å²) >= 11 is 0. The summed E-state index contributed by atoms with van der Waals surface area (Å²) in [5, 5.41) is 0. The maximum Gasteiger partial charge on any atom is 0.211 e. The number of nitrogens with zero attached hydrogens (tertiary/aromatic N) is 5. The molecule has 2 aromatic heterocycles. The van der Waals surface area contributed by atoms with E-state index in [1.165, 1.54) is 6.26 Å². The van der Waals surface area contributed by atoms with Gasteiger partial charge in [0.1, 0.15) is 5.82 Å². The average Bonchev–Trinajstić information content (AvgIpc) is 2.65. The highest BCUT2D eigenvalue weighted by molar-refractivity contribution is 7.88. The van der Waals surface area contributed by atoms with Crippen LogP contribution in [0.2, 0.25) is 0 Å². The highest BCUT2D eigenvalue weighted by atomic mass is 32.2. The lowest BCUT2D eigenvalue weighted by Gasteiger charge is -2.38. The molecular formula is C19H27N5O2S. The Hall–Kier alpha value is -2.06. The predicted molar refractivity (Wildman–Crippen MR) is 107 cm³/mol. The van der Waals surface area contributed by atoms with E-state index in [0.29, 0.717) is 12.4 Å². The van der Waals surface area contributed by atoms with E-state index in [2.05, 4.69) is 14.9 Å². The van der Waals surface area contributed by atoms with E-state index in [1.54, 1.807) is 16.7 Å². The number of hydrogen-bond acceptors (Lipinski definition) is 6. The molecule has 146 valence electrons. The topological polar surface area (TPSA) is 79.3 Å². The van der Waals surface area contributed by atoms with Crippen LogP contribution in [0.15, 0.2) is 24.5 Å². The molecule has 7 nitrogen and oxygen atoms in total. The van der Waals surface area contributed by atoms with Crippen LogP contribution in [0.5, 0.6) is 0 Å². The van der Waals surface area contributed by atoms with Crippen molar-refractivity contribution in [2.45, 2.75) is 39.7 Å². The highest BCUT2D eigenvalue weighted by Gasteiger charge is 2.30. The largest absolute Gasteiger partial charge is 0.356 e. The summed E-state index contributed by atoms with van der Waals surface area (Å²) in [6.07, 6.45) is 6.39. The smallest absolute Gasteiger partial charge is 0.211 e. The first-order chi connectivity index (χ1) is 12.8. The number of rotatable bonds is 5. The standard InChI is InChI=1S/C19H27N5O2S/c1-5-24(27(4,25)26)17-8-11-23(12-9-17)19-14(2)15(3)21-18(22-19)16-7-6-10-20-13-16/h6-7,10,13,17H,5,8-9,11-12H2,1-4H3. The Bertz CT molecular complexity index is 894. The molecule has 3 rings (SSSR count). The molecule has 1 aliphatic rings. The Balaban J connectivity index is 1.83. The van der Waals surface area contributed by atoms with Gasteiger partial charge in [0.15, 0.2) is 5.82 Å². The molecule has 3 heterocycles. The van der Waals surface area contributed by atoms with Gasteiger partial charge in [0.05, 0.1) is 6.26 Å². The second kappa shape index (κ2) is 7.90. The van der Waals surface area contributed by atoms with Crippen LogP contribution in [0.4, 0.5) is 5.82 Å². The van der Waals surface area contributed by atoms with Crippen LogP contribution in [0.25, 0.3) is 11.4 Å². The summed E-state index contributed by atoms with van der Waals surface area (Å²) in [4.78, 5) is 15.8. The second-order valence-electron chi connectivity index (χ2n) is 7.01. The third-order valence-corrected chi connectivity index (χ3v) is 6.60. The highest BCUT2D eigenvalue weighted by Crippen LogP contribution is 2.28. The van der Waals surface area contributed by atoms with Crippen LogP contribution >= 0.6 is 0 Å². The lowest BCUT2D eigenvalue weighted by atomic mass is 10.0. The van der Waals surface area contributed by atoms with Gasteiger partial charge in [0, 0.05) is 54.9 Å². The number of piperidine rings is 1. The van der Waals surface area contributed by atoms with Gasteiger partial charge in [0.25, 0.3) is 0 Å². The molecule has 1 saturated heterocycles. The van der Waals surface area contributed by atoms with Gasteiger partial charge in [-0.15, -0.1) is 0 Å². The van der Waals surface area contributed by atoms with Crippen molar-refractivity contribution in [2.75, 3.05) is 30.8 Å². The van der Waals surface area contributed by atoms with Crippen molar-refractivity contribution in [3.8, 4) is 11.4 Å².